The SMILES string of the molecule is CC1(NC(=O)C2(C#N)CCOCC2)CCS(=O)(=O)C1. The van der Waals surface area contributed by atoms with Gasteiger partial charge in [0.05, 0.1) is 23.1 Å². The number of nitrogens with zero attached hydrogens (tertiary/aromatic N) is 1. The predicted octanol–water partition coefficient (Wildman–Crippen LogP) is 0.000180. The zero-order chi connectivity index (χ0) is 14.1. The third-order valence-corrected chi connectivity index (χ3v) is 5.82. The molecule has 2 aliphatic heterocycles. The van der Waals surface area contributed by atoms with Crippen LogP contribution in [-0.2, 0) is 19.4 Å². The molecule has 1 amide bonds. The zero-order valence-corrected chi connectivity index (χ0v) is 11.8. The Bertz CT molecular complexity index is 516. The molecule has 0 aromatic carbocycles. The summed E-state index contributed by atoms with van der Waals surface area (Å²) in [6.07, 6.45) is 1.12. The topological polar surface area (TPSA) is 96.3 Å². The number of hydrogen-bond donors (Lipinski definition) is 1. The lowest BCUT2D eigenvalue weighted by Gasteiger charge is -2.33. The summed E-state index contributed by atoms with van der Waals surface area (Å²) in [5.74, 6) is -0.325. The van der Waals surface area contributed by atoms with Crippen LogP contribution in [0.25, 0.3) is 0 Å². The van der Waals surface area contributed by atoms with Crippen LogP contribution >= 0.6 is 0 Å². The van der Waals surface area contributed by atoms with E-state index in [4.69, 9.17) is 4.74 Å². The van der Waals surface area contributed by atoms with Crippen molar-refractivity contribution in [2.75, 3.05) is 24.7 Å². The van der Waals surface area contributed by atoms with Crippen LogP contribution in [0, 0.1) is 16.7 Å². The monoisotopic (exact) mass is 286 g/mol. The molecule has 7 heteroatoms. The molecule has 0 aromatic heterocycles. The van der Waals surface area contributed by atoms with Gasteiger partial charge in [0.15, 0.2) is 9.84 Å². The molecule has 0 bridgehead atoms. The van der Waals surface area contributed by atoms with Crippen molar-refractivity contribution < 1.29 is 17.9 Å². The van der Waals surface area contributed by atoms with Crippen LogP contribution in [0.3, 0.4) is 0 Å². The minimum Gasteiger partial charge on any atom is -0.381 e. The molecule has 6 nitrogen and oxygen atoms in total. The number of amides is 1. The lowest BCUT2D eigenvalue weighted by Crippen LogP contribution is -2.53. The Morgan fingerprint density at radius 2 is 1.95 bits per heavy atom. The molecule has 0 saturated carbocycles. The van der Waals surface area contributed by atoms with Crippen LogP contribution in [0.4, 0.5) is 0 Å². The Hall–Kier alpha value is -1.13. The summed E-state index contributed by atoms with van der Waals surface area (Å²) < 4.78 is 28.2. The number of nitriles is 1. The minimum atomic E-state index is -3.08. The van der Waals surface area contributed by atoms with Crippen LogP contribution in [0.5, 0.6) is 0 Å². The van der Waals surface area contributed by atoms with Crippen LogP contribution in [0.15, 0.2) is 0 Å². The first-order valence-electron chi connectivity index (χ1n) is 6.33. The van der Waals surface area contributed by atoms with Crippen molar-refractivity contribution in [3.63, 3.8) is 0 Å². The average molecular weight is 286 g/mol. The second-order valence-electron chi connectivity index (χ2n) is 5.66. The fraction of sp³-hybridized carbons (Fsp3) is 0.833. The quantitative estimate of drug-likeness (QED) is 0.770. The molecule has 1 atom stereocenters. The van der Waals surface area contributed by atoms with E-state index in [1.54, 1.807) is 6.92 Å². The van der Waals surface area contributed by atoms with Crippen LogP contribution in [0.1, 0.15) is 26.2 Å². The average Bonchev–Trinajstić information content (AvgIpc) is 2.64. The summed E-state index contributed by atoms with van der Waals surface area (Å²) >= 11 is 0. The van der Waals surface area contributed by atoms with E-state index in [1.165, 1.54) is 0 Å². The third-order valence-electron chi connectivity index (χ3n) is 3.91. The number of ether oxygens (including phenoxy) is 1. The molecule has 0 spiro atoms. The Morgan fingerprint density at radius 3 is 2.42 bits per heavy atom. The highest BCUT2D eigenvalue weighted by molar-refractivity contribution is 7.91. The lowest BCUT2D eigenvalue weighted by molar-refractivity contribution is -0.134. The van der Waals surface area contributed by atoms with Gasteiger partial charge in [0, 0.05) is 13.2 Å². The number of carbonyl (C=O) groups is 1. The van der Waals surface area contributed by atoms with Crippen molar-refractivity contribution in [2.24, 2.45) is 5.41 Å². The normalized spacial score (nSPS) is 32.4. The Balaban J connectivity index is 2.11. The molecule has 19 heavy (non-hydrogen) atoms. The number of carbonyl (C=O) groups excluding carboxylic acids is 1. The van der Waals surface area contributed by atoms with Gasteiger partial charge in [-0.25, -0.2) is 8.42 Å². The molecular formula is C12H18N2O4S. The number of hydrogen-bond acceptors (Lipinski definition) is 5. The van der Waals surface area contributed by atoms with Gasteiger partial charge < -0.3 is 10.1 Å². The van der Waals surface area contributed by atoms with Crippen LogP contribution in [0.2, 0.25) is 0 Å². The van der Waals surface area contributed by atoms with E-state index in [-0.39, 0.29) is 17.4 Å². The third kappa shape index (κ3) is 2.90. The minimum absolute atomic E-state index is 0.0518. The maximum Gasteiger partial charge on any atom is 0.241 e. The summed E-state index contributed by atoms with van der Waals surface area (Å²) in [5.41, 5.74) is -1.83. The van der Waals surface area contributed by atoms with Gasteiger partial charge in [0.2, 0.25) is 5.91 Å². The smallest absolute Gasteiger partial charge is 0.241 e. The largest absolute Gasteiger partial charge is 0.381 e. The molecule has 2 heterocycles. The summed E-state index contributed by atoms with van der Waals surface area (Å²) in [7, 11) is -3.08. The predicted molar refractivity (Wildman–Crippen MR) is 67.9 cm³/mol. The van der Waals surface area contributed by atoms with Crippen molar-refractivity contribution in [3.05, 3.63) is 0 Å². The number of rotatable bonds is 2. The highest BCUT2D eigenvalue weighted by atomic mass is 32.2. The molecule has 0 aromatic rings. The molecule has 106 valence electrons. The molecule has 1 unspecified atom stereocenters. The van der Waals surface area contributed by atoms with Crippen molar-refractivity contribution >= 4 is 15.7 Å². The zero-order valence-electron chi connectivity index (χ0n) is 10.9. The number of sulfone groups is 1. The second kappa shape index (κ2) is 4.76. The molecule has 0 radical (unpaired) electrons. The molecular weight excluding hydrogens is 268 g/mol. The highest BCUT2D eigenvalue weighted by Gasteiger charge is 2.46. The van der Waals surface area contributed by atoms with E-state index in [0.717, 1.165) is 0 Å². The maximum atomic E-state index is 12.3. The van der Waals surface area contributed by atoms with Crippen molar-refractivity contribution in [1.82, 2.24) is 5.32 Å². The standard InChI is InChI=1S/C12H18N2O4S/c1-11(4-7-19(16,17)9-11)14-10(15)12(8-13)2-5-18-6-3-12/h2-7,9H2,1H3,(H,14,15). The molecule has 2 saturated heterocycles. The fourth-order valence-corrected chi connectivity index (χ4v) is 4.71. The van der Waals surface area contributed by atoms with Gasteiger partial charge in [-0.15, -0.1) is 0 Å². The summed E-state index contributed by atoms with van der Waals surface area (Å²) in [5, 5.41) is 12.1. The molecule has 2 aliphatic rings. The van der Waals surface area contributed by atoms with Gasteiger partial charge in [0.1, 0.15) is 5.41 Å². The van der Waals surface area contributed by atoms with E-state index in [2.05, 4.69) is 11.4 Å². The van der Waals surface area contributed by atoms with Gasteiger partial charge in [-0.2, -0.15) is 5.26 Å². The summed E-state index contributed by atoms with van der Waals surface area (Å²) in [4.78, 5) is 12.3. The van der Waals surface area contributed by atoms with Gasteiger partial charge in [-0.1, -0.05) is 0 Å². The second-order valence-corrected chi connectivity index (χ2v) is 7.85. The van der Waals surface area contributed by atoms with Gasteiger partial charge >= 0.3 is 0 Å². The lowest BCUT2D eigenvalue weighted by atomic mass is 9.80. The Morgan fingerprint density at radius 1 is 1.32 bits per heavy atom. The van der Waals surface area contributed by atoms with E-state index in [9.17, 15) is 18.5 Å². The Labute approximate surface area is 113 Å². The van der Waals surface area contributed by atoms with Crippen LogP contribution in [-0.4, -0.2) is 44.6 Å². The summed E-state index contributed by atoms with van der Waals surface area (Å²) in [6, 6.07) is 2.09. The van der Waals surface area contributed by atoms with Crippen molar-refractivity contribution in [1.29, 1.82) is 5.26 Å². The molecule has 2 rings (SSSR count). The van der Waals surface area contributed by atoms with Gasteiger partial charge in [-0.05, 0) is 26.2 Å². The molecule has 2 fully saturated rings. The first-order chi connectivity index (χ1) is 8.81. The highest BCUT2D eigenvalue weighted by Crippen LogP contribution is 2.32. The van der Waals surface area contributed by atoms with Crippen LogP contribution < -0.4 is 5.32 Å². The first kappa shape index (κ1) is 14.3. The van der Waals surface area contributed by atoms with Crippen molar-refractivity contribution in [2.45, 2.75) is 31.7 Å². The van der Waals surface area contributed by atoms with E-state index < -0.39 is 20.8 Å². The summed E-state index contributed by atoms with van der Waals surface area (Å²) in [6.45, 7) is 2.49. The molecule has 1 N–H and O–H groups in total. The van der Waals surface area contributed by atoms with E-state index in [0.29, 0.717) is 32.5 Å². The molecule has 0 aliphatic carbocycles. The van der Waals surface area contributed by atoms with Crippen molar-refractivity contribution in [3.8, 4) is 6.07 Å². The van der Waals surface area contributed by atoms with E-state index >= 15 is 0 Å². The van der Waals surface area contributed by atoms with Gasteiger partial charge in [0.25, 0.3) is 0 Å². The Kier molecular flexibility index (Phi) is 3.58. The van der Waals surface area contributed by atoms with E-state index in [1.807, 2.05) is 0 Å². The number of nitrogens with one attached hydrogen (secondary N) is 1. The fourth-order valence-electron chi connectivity index (χ4n) is 2.61. The first-order valence-corrected chi connectivity index (χ1v) is 8.15. The maximum absolute atomic E-state index is 12.3. The van der Waals surface area contributed by atoms with Gasteiger partial charge in [-0.3, -0.25) is 4.79 Å².